The molecule has 4 nitrogen and oxygen atoms in total. The van der Waals surface area contributed by atoms with Crippen molar-refractivity contribution in [2.45, 2.75) is 13.3 Å². The fourth-order valence-corrected chi connectivity index (χ4v) is 1.78. The Labute approximate surface area is 93.3 Å². The van der Waals surface area contributed by atoms with Crippen molar-refractivity contribution >= 4 is 17.4 Å². The van der Waals surface area contributed by atoms with E-state index in [0.717, 1.165) is 24.2 Å². The third-order valence-electron chi connectivity index (χ3n) is 2.27. The Kier molecular flexibility index (Phi) is 2.88. The monoisotopic (exact) mass is 224 g/mol. The zero-order chi connectivity index (χ0) is 10.8. The molecule has 0 radical (unpaired) electrons. The highest BCUT2D eigenvalue weighted by Crippen LogP contribution is 2.17. The lowest BCUT2D eigenvalue weighted by atomic mass is 10.3. The summed E-state index contributed by atoms with van der Waals surface area (Å²) in [7, 11) is 1.92. The fourth-order valence-electron chi connectivity index (χ4n) is 1.52. The van der Waals surface area contributed by atoms with Crippen molar-refractivity contribution in [2.75, 3.05) is 13.6 Å². The molecule has 0 fully saturated rings. The van der Waals surface area contributed by atoms with Gasteiger partial charge in [-0.3, -0.25) is 4.40 Å². The van der Waals surface area contributed by atoms with E-state index >= 15 is 0 Å². The van der Waals surface area contributed by atoms with Gasteiger partial charge < -0.3 is 5.32 Å². The summed E-state index contributed by atoms with van der Waals surface area (Å²) in [5.41, 5.74) is 2.11. The Morgan fingerprint density at radius 2 is 2.33 bits per heavy atom. The molecule has 80 valence electrons. The molecule has 0 aliphatic rings. The van der Waals surface area contributed by atoms with Crippen molar-refractivity contribution in [1.29, 1.82) is 0 Å². The van der Waals surface area contributed by atoms with Crippen LogP contribution in [0.5, 0.6) is 0 Å². The quantitative estimate of drug-likeness (QED) is 0.858. The predicted octanol–water partition coefficient (Wildman–Crippen LogP) is 1.45. The van der Waals surface area contributed by atoms with E-state index in [1.165, 1.54) is 0 Å². The third kappa shape index (κ3) is 1.96. The molecular formula is C10H13ClN4. The summed E-state index contributed by atoms with van der Waals surface area (Å²) in [6.07, 6.45) is 4.65. The highest BCUT2D eigenvalue weighted by atomic mass is 35.5. The molecule has 0 aliphatic heterocycles. The van der Waals surface area contributed by atoms with Crippen molar-refractivity contribution in [3.05, 3.63) is 28.8 Å². The first-order valence-electron chi connectivity index (χ1n) is 4.86. The number of aromatic nitrogens is 3. The number of halogens is 1. The third-order valence-corrected chi connectivity index (χ3v) is 2.57. The second kappa shape index (κ2) is 4.16. The molecular weight excluding hydrogens is 212 g/mol. The summed E-state index contributed by atoms with van der Waals surface area (Å²) >= 11 is 6.06. The van der Waals surface area contributed by atoms with Gasteiger partial charge in [0.05, 0.1) is 5.69 Å². The molecule has 0 aliphatic carbocycles. The summed E-state index contributed by atoms with van der Waals surface area (Å²) in [4.78, 5) is 8.41. The fraction of sp³-hybridized carbons (Fsp3) is 0.400. The van der Waals surface area contributed by atoms with E-state index in [9.17, 15) is 0 Å². The topological polar surface area (TPSA) is 42.2 Å². The van der Waals surface area contributed by atoms with Crippen molar-refractivity contribution in [3.8, 4) is 0 Å². The van der Waals surface area contributed by atoms with Gasteiger partial charge in [-0.05, 0) is 19.5 Å². The minimum atomic E-state index is 0.545. The van der Waals surface area contributed by atoms with Crippen molar-refractivity contribution in [3.63, 3.8) is 0 Å². The number of nitrogens with zero attached hydrogens (tertiary/aromatic N) is 3. The molecule has 15 heavy (non-hydrogen) atoms. The largest absolute Gasteiger partial charge is 0.319 e. The first-order chi connectivity index (χ1) is 7.22. The van der Waals surface area contributed by atoms with Gasteiger partial charge in [0.15, 0.2) is 5.15 Å². The number of likely N-dealkylation sites (N-methyl/N-ethyl adjacent to an activating group) is 1. The molecule has 2 aromatic rings. The van der Waals surface area contributed by atoms with Gasteiger partial charge in [-0.25, -0.2) is 4.98 Å². The number of nitrogens with one attached hydrogen (secondary N) is 1. The summed E-state index contributed by atoms with van der Waals surface area (Å²) < 4.78 is 1.95. The van der Waals surface area contributed by atoms with E-state index in [-0.39, 0.29) is 0 Å². The molecule has 0 bridgehead atoms. The van der Waals surface area contributed by atoms with E-state index in [1.807, 2.05) is 24.6 Å². The molecule has 2 rings (SSSR count). The van der Waals surface area contributed by atoms with E-state index in [0.29, 0.717) is 10.9 Å². The summed E-state index contributed by atoms with van der Waals surface area (Å²) in [5, 5.41) is 3.64. The van der Waals surface area contributed by atoms with Crippen LogP contribution in [0.15, 0.2) is 12.4 Å². The Hall–Kier alpha value is -1.13. The number of hydrogen-bond acceptors (Lipinski definition) is 3. The van der Waals surface area contributed by atoms with Crippen LogP contribution in [0.25, 0.3) is 5.78 Å². The lowest BCUT2D eigenvalue weighted by Crippen LogP contribution is -2.11. The van der Waals surface area contributed by atoms with E-state index < -0.39 is 0 Å². The van der Waals surface area contributed by atoms with Gasteiger partial charge in [-0.2, -0.15) is 4.98 Å². The maximum Gasteiger partial charge on any atom is 0.235 e. The van der Waals surface area contributed by atoms with Gasteiger partial charge in [0.2, 0.25) is 5.78 Å². The van der Waals surface area contributed by atoms with Crippen LogP contribution in [-0.4, -0.2) is 28.0 Å². The standard InChI is InChI=1S/C10H13ClN4/c1-7-5-13-10-14-9(11)8(3-4-12-2)15(10)6-7/h5-6,12H,3-4H2,1-2H3. The normalized spacial score (nSPS) is 11.1. The van der Waals surface area contributed by atoms with E-state index in [4.69, 9.17) is 11.6 Å². The van der Waals surface area contributed by atoms with Crippen LogP contribution in [0.3, 0.4) is 0 Å². The van der Waals surface area contributed by atoms with Crippen molar-refractivity contribution < 1.29 is 0 Å². The SMILES string of the molecule is CNCCc1c(Cl)nc2ncc(C)cn12. The van der Waals surface area contributed by atoms with Crippen LogP contribution in [0.4, 0.5) is 0 Å². The zero-order valence-corrected chi connectivity index (χ0v) is 9.54. The Bertz CT molecular complexity index is 477. The second-order valence-corrected chi connectivity index (χ2v) is 3.86. The van der Waals surface area contributed by atoms with E-state index in [2.05, 4.69) is 15.3 Å². The molecule has 5 heteroatoms. The van der Waals surface area contributed by atoms with E-state index in [1.54, 1.807) is 6.20 Å². The molecule has 0 atom stereocenters. The van der Waals surface area contributed by atoms with Crippen molar-refractivity contribution in [1.82, 2.24) is 19.7 Å². The molecule has 1 N–H and O–H groups in total. The maximum atomic E-state index is 6.06. The number of hydrogen-bond donors (Lipinski definition) is 1. The number of imidazole rings is 1. The Balaban J connectivity index is 2.50. The maximum absolute atomic E-state index is 6.06. The van der Waals surface area contributed by atoms with Gasteiger partial charge in [0.1, 0.15) is 0 Å². The van der Waals surface area contributed by atoms with Gasteiger partial charge in [-0.1, -0.05) is 11.6 Å². The minimum absolute atomic E-state index is 0.545. The summed E-state index contributed by atoms with van der Waals surface area (Å²) in [6, 6.07) is 0. The zero-order valence-electron chi connectivity index (χ0n) is 8.79. The second-order valence-electron chi connectivity index (χ2n) is 3.50. The van der Waals surface area contributed by atoms with Crippen LogP contribution < -0.4 is 5.32 Å². The number of fused-ring (bicyclic) bond motifs is 1. The highest BCUT2D eigenvalue weighted by molar-refractivity contribution is 6.30. The molecule has 0 aromatic carbocycles. The lowest BCUT2D eigenvalue weighted by molar-refractivity contribution is 0.769. The minimum Gasteiger partial charge on any atom is -0.319 e. The molecule has 0 saturated heterocycles. The van der Waals surface area contributed by atoms with Crippen molar-refractivity contribution in [2.24, 2.45) is 0 Å². The lowest BCUT2D eigenvalue weighted by Gasteiger charge is -2.01. The van der Waals surface area contributed by atoms with Gasteiger partial charge in [-0.15, -0.1) is 0 Å². The average Bonchev–Trinajstić information content (AvgIpc) is 2.51. The Morgan fingerprint density at radius 1 is 1.53 bits per heavy atom. The number of rotatable bonds is 3. The van der Waals surface area contributed by atoms with Crippen LogP contribution in [-0.2, 0) is 6.42 Å². The highest BCUT2D eigenvalue weighted by Gasteiger charge is 2.10. The van der Waals surface area contributed by atoms with Crippen LogP contribution in [0.1, 0.15) is 11.3 Å². The van der Waals surface area contributed by atoms with Crippen LogP contribution in [0.2, 0.25) is 5.15 Å². The molecule has 0 saturated carbocycles. The smallest absolute Gasteiger partial charge is 0.235 e. The van der Waals surface area contributed by atoms with Gasteiger partial charge in [0, 0.05) is 25.4 Å². The summed E-state index contributed by atoms with van der Waals surface area (Å²) in [6.45, 7) is 2.88. The number of aryl methyl sites for hydroxylation is 1. The Morgan fingerprint density at radius 3 is 3.07 bits per heavy atom. The molecule has 2 aromatic heterocycles. The molecule has 2 heterocycles. The van der Waals surface area contributed by atoms with Gasteiger partial charge in [0.25, 0.3) is 0 Å². The van der Waals surface area contributed by atoms with Crippen LogP contribution in [0, 0.1) is 6.92 Å². The van der Waals surface area contributed by atoms with Crippen LogP contribution >= 0.6 is 11.6 Å². The molecule has 0 spiro atoms. The first-order valence-corrected chi connectivity index (χ1v) is 5.24. The van der Waals surface area contributed by atoms with Gasteiger partial charge >= 0.3 is 0 Å². The predicted molar refractivity (Wildman–Crippen MR) is 60.4 cm³/mol. The molecule has 0 amide bonds. The summed E-state index contributed by atoms with van der Waals surface area (Å²) in [5.74, 6) is 0.664. The first kappa shape index (κ1) is 10.4. The molecule has 0 unspecified atom stereocenters. The average molecular weight is 225 g/mol.